The Hall–Kier alpha value is -1.92. The molecule has 0 aliphatic heterocycles. The van der Waals surface area contributed by atoms with Crippen molar-refractivity contribution in [1.82, 2.24) is 9.97 Å². The summed E-state index contributed by atoms with van der Waals surface area (Å²) in [6.07, 6.45) is 5.69. The van der Waals surface area contributed by atoms with E-state index in [-0.39, 0.29) is 5.91 Å². The van der Waals surface area contributed by atoms with Crippen LogP contribution in [0, 0.1) is 6.92 Å². The minimum absolute atomic E-state index is 0.00163. The summed E-state index contributed by atoms with van der Waals surface area (Å²) in [5, 5.41) is 5.14. The minimum Gasteiger partial charge on any atom is -0.325 e. The number of rotatable bonds is 5. The number of hydrogen-bond acceptors (Lipinski definition) is 5. The molecular weight excluding hydrogens is 374 g/mol. The van der Waals surface area contributed by atoms with Gasteiger partial charge in [-0.25, -0.2) is 9.97 Å². The number of benzene rings is 1. The van der Waals surface area contributed by atoms with E-state index in [1.807, 2.05) is 25.1 Å². The van der Waals surface area contributed by atoms with Gasteiger partial charge >= 0.3 is 0 Å². The fraction of sp³-hybridized carbons (Fsp3) is 0.381. The first-order valence-electron chi connectivity index (χ1n) is 9.44. The lowest BCUT2D eigenvalue weighted by molar-refractivity contribution is -0.113. The van der Waals surface area contributed by atoms with Crippen molar-refractivity contribution in [2.45, 2.75) is 51.0 Å². The summed E-state index contributed by atoms with van der Waals surface area (Å²) >= 11 is 3.33. The number of thioether (sulfide) groups is 1. The molecule has 0 saturated carbocycles. The quantitative estimate of drug-likeness (QED) is 0.476. The summed E-state index contributed by atoms with van der Waals surface area (Å²) in [6, 6.07) is 8.02. The van der Waals surface area contributed by atoms with Crippen LogP contribution < -0.4 is 5.32 Å². The Morgan fingerprint density at radius 1 is 1.26 bits per heavy atom. The maximum Gasteiger partial charge on any atom is 0.234 e. The first kappa shape index (κ1) is 18.4. The SMILES string of the molecule is CCc1cccc(NC(=O)CSc2nc(C)nc3sc4c(c23)CCCC4)c1. The minimum atomic E-state index is 0.00163. The Morgan fingerprint density at radius 2 is 2.11 bits per heavy atom. The molecule has 140 valence electrons. The van der Waals surface area contributed by atoms with Gasteiger partial charge in [-0.1, -0.05) is 30.8 Å². The van der Waals surface area contributed by atoms with Crippen molar-refractivity contribution in [3.63, 3.8) is 0 Å². The van der Waals surface area contributed by atoms with Gasteiger partial charge in [0.1, 0.15) is 15.7 Å². The molecule has 0 atom stereocenters. The normalized spacial score (nSPS) is 13.6. The van der Waals surface area contributed by atoms with Crippen molar-refractivity contribution >= 4 is 44.9 Å². The Bertz CT molecular complexity index is 997. The van der Waals surface area contributed by atoms with Crippen LogP contribution in [0.25, 0.3) is 10.2 Å². The third kappa shape index (κ3) is 4.01. The van der Waals surface area contributed by atoms with E-state index >= 15 is 0 Å². The second-order valence-electron chi connectivity index (χ2n) is 6.86. The molecule has 1 aliphatic carbocycles. The van der Waals surface area contributed by atoms with Gasteiger partial charge in [0, 0.05) is 16.0 Å². The van der Waals surface area contributed by atoms with Crippen LogP contribution in [0.4, 0.5) is 5.69 Å². The molecule has 2 aromatic heterocycles. The molecule has 27 heavy (non-hydrogen) atoms. The second kappa shape index (κ2) is 7.98. The fourth-order valence-corrected chi connectivity index (χ4v) is 5.80. The van der Waals surface area contributed by atoms with Crippen molar-refractivity contribution in [2.24, 2.45) is 0 Å². The Balaban J connectivity index is 1.53. The lowest BCUT2D eigenvalue weighted by Crippen LogP contribution is -2.14. The number of carbonyl (C=O) groups is 1. The largest absolute Gasteiger partial charge is 0.325 e. The monoisotopic (exact) mass is 397 g/mol. The summed E-state index contributed by atoms with van der Waals surface area (Å²) in [5.41, 5.74) is 3.50. The van der Waals surface area contributed by atoms with Crippen LogP contribution in [0.1, 0.15) is 41.6 Å². The van der Waals surface area contributed by atoms with Crippen molar-refractivity contribution in [3.05, 3.63) is 46.1 Å². The number of anilines is 1. The molecule has 4 rings (SSSR count). The number of aromatic nitrogens is 2. The van der Waals surface area contributed by atoms with Crippen LogP contribution in [0.15, 0.2) is 29.3 Å². The molecule has 1 N–H and O–H groups in total. The number of hydrogen-bond donors (Lipinski definition) is 1. The zero-order valence-corrected chi connectivity index (χ0v) is 17.3. The Kier molecular flexibility index (Phi) is 5.45. The van der Waals surface area contributed by atoms with Gasteiger partial charge in [0.2, 0.25) is 5.91 Å². The molecule has 1 aliphatic rings. The molecule has 0 saturated heterocycles. The summed E-state index contributed by atoms with van der Waals surface area (Å²) in [5.74, 6) is 1.13. The van der Waals surface area contributed by atoms with Gasteiger partial charge in [0.05, 0.1) is 5.75 Å². The predicted molar refractivity (Wildman–Crippen MR) is 114 cm³/mol. The topological polar surface area (TPSA) is 54.9 Å². The Labute approximate surface area is 167 Å². The van der Waals surface area contributed by atoms with E-state index in [0.717, 1.165) is 40.6 Å². The van der Waals surface area contributed by atoms with Gasteiger partial charge in [0.15, 0.2) is 0 Å². The highest BCUT2D eigenvalue weighted by atomic mass is 32.2. The molecular formula is C21H23N3OS2. The van der Waals surface area contributed by atoms with E-state index in [9.17, 15) is 4.79 Å². The number of nitrogens with zero attached hydrogens (tertiary/aromatic N) is 2. The van der Waals surface area contributed by atoms with Crippen LogP contribution >= 0.6 is 23.1 Å². The summed E-state index contributed by atoms with van der Waals surface area (Å²) < 4.78 is 0. The number of thiophene rings is 1. The van der Waals surface area contributed by atoms with Gasteiger partial charge in [-0.05, 0) is 62.3 Å². The van der Waals surface area contributed by atoms with Gasteiger partial charge in [0.25, 0.3) is 0 Å². The molecule has 0 spiro atoms. The van der Waals surface area contributed by atoms with Gasteiger partial charge in [-0.2, -0.15) is 0 Å². The summed E-state index contributed by atoms with van der Waals surface area (Å²) in [4.78, 5) is 24.3. The molecule has 1 amide bonds. The lowest BCUT2D eigenvalue weighted by Gasteiger charge is -2.12. The smallest absolute Gasteiger partial charge is 0.234 e. The van der Waals surface area contributed by atoms with E-state index < -0.39 is 0 Å². The predicted octanol–water partition coefficient (Wildman–Crippen LogP) is 5.17. The van der Waals surface area contributed by atoms with Gasteiger partial charge in [-0.15, -0.1) is 11.3 Å². The zero-order valence-electron chi connectivity index (χ0n) is 15.7. The highest BCUT2D eigenvalue weighted by Gasteiger charge is 2.21. The van der Waals surface area contributed by atoms with Gasteiger partial charge in [-0.3, -0.25) is 4.79 Å². The maximum atomic E-state index is 12.5. The van der Waals surface area contributed by atoms with Crippen LogP contribution in [0.5, 0.6) is 0 Å². The van der Waals surface area contributed by atoms with E-state index in [1.54, 1.807) is 11.3 Å². The lowest BCUT2D eigenvalue weighted by atomic mass is 9.97. The summed E-state index contributed by atoms with van der Waals surface area (Å²) in [7, 11) is 0. The van der Waals surface area contributed by atoms with Crippen LogP contribution in [-0.4, -0.2) is 21.6 Å². The van der Waals surface area contributed by atoms with E-state index in [4.69, 9.17) is 0 Å². The van der Waals surface area contributed by atoms with E-state index in [2.05, 4.69) is 28.3 Å². The van der Waals surface area contributed by atoms with E-state index in [0.29, 0.717) is 5.75 Å². The standard InChI is InChI=1S/C21H23N3OS2/c1-3-14-7-6-8-15(11-14)24-18(25)12-26-20-19-16-9-4-5-10-17(16)27-21(19)23-13(2)22-20/h6-8,11H,3-5,9-10,12H2,1-2H3,(H,24,25). The van der Waals surface area contributed by atoms with E-state index in [1.165, 1.54) is 46.0 Å². The average molecular weight is 398 g/mol. The van der Waals surface area contributed by atoms with Crippen LogP contribution in [0.3, 0.4) is 0 Å². The third-order valence-electron chi connectivity index (χ3n) is 4.85. The highest BCUT2D eigenvalue weighted by molar-refractivity contribution is 8.00. The first-order valence-corrected chi connectivity index (χ1v) is 11.2. The number of fused-ring (bicyclic) bond motifs is 3. The number of carbonyl (C=O) groups excluding carboxylic acids is 1. The second-order valence-corrected chi connectivity index (χ2v) is 8.91. The average Bonchev–Trinajstić information content (AvgIpc) is 3.04. The number of nitrogens with one attached hydrogen (secondary N) is 1. The third-order valence-corrected chi connectivity index (χ3v) is 7.01. The Morgan fingerprint density at radius 3 is 2.96 bits per heavy atom. The molecule has 0 unspecified atom stereocenters. The molecule has 6 heteroatoms. The summed E-state index contributed by atoms with van der Waals surface area (Å²) in [6.45, 7) is 4.04. The molecule has 2 heterocycles. The van der Waals surface area contributed by atoms with Gasteiger partial charge < -0.3 is 5.32 Å². The number of aryl methyl sites for hydroxylation is 4. The van der Waals surface area contributed by atoms with Crippen molar-refractivity contribution in [2.75, 3.05) is 11.1 Å². The molecule has 3 aromatic rings. The van der Waals surface area contributed by atoms with Crippen molar-refractivity contribution in [1.29, 1.82) is 0 Å². The number of amides is 1. The highest BCUT2D eigenvalue weighted by Crippen LogP contribution is 2.39. The van der Waals surface area contributed by atoms with Crippen LogP contribution in [0.2, 0.25) is 0 Å². The van der Waals surface area contributed by atoms with Crippen LogP contribution in [-0.2, 0) is 24.1 Å². The van der Waals surface area contributed by atoms with Crippen molar-refractivity contribution < 1.29 is 4.79 Å². The first-order chi connectivity index (χ1) is 13.1. The molecule has 4 nitrogen and oxygen atoms in total. The zero-order chi connectivity index (χ0) is 18.8. The van der Waals surface area contributed by atoms with Crippen molar-refractivity contribution in [3.8, 4) is 0 Å². The molecule has 0 radical (unpaired) electrons. The fourth-order valence-electron chi connectivity index (χ4n) is 3.53. The molecule has 0 bridgehead atoms. The molecule has 1 aromatic carbocycles. The maximum absolute atomic E-state index is 12.5. The molecule has 0 fully saturated rings.